The van der Waals surface area contributed by atoms with Gasteiger partial charge in [-0.05, 0) is 45.1 Å². The third-order valence-corrected chi connectivity index (χ3v) is 4.51. The molecule has 118 valence electrons. The van der Waals surface area contributed by atoms with Crippen molar-refractivity contribution in [3.63, 3.8) is 0 Å². The quantitative estimate of drug-likeness (QED) is 0.807. The van der Waals surface area contributed by atoms with Crippen molar-refractivity contribution >= 4 is 0 Å². The minimum Gasteiger partial charge on any atom is -0.348 e. The maximum atomic E-state index is 4.81. The van der Waals surface area contributed by atoms with Crippen LogP contribution in [0.2, 0.25) is 0 Å². The fourth-order valence-corrected chi connectivity index (χ4v) is 3.31. The Kier molecular flexibility index (Phi) is 3.44. The summed E-state index contributed by atoms with van der Waals surface area (Å²) in [5.41, 5.74) is 5.61. The van der Waals surface area contributed by atoms with Gasteiger partial charge in [-0.15, -0.1) is 0 Å². The van der Waals surface area contributed by atoms with Crippen LogP contribution in [0.1, 0.15) is 41.3 Å². The molecule has 1 aliphatic carbocycles. The summed E-state index contributed by atoms with van der Waals surface area (Å²) in [4.78, 5) is 21.4. The van der Waals surface area contributed by atoms with Crippen LogP contribution in [-0.4, -0.2) is 29.5 Å². The predicted molar refractivity (Wildman–Crippen MR) is 87.1 cm³/mol. The van der Waals surface area contributed by atoms with Crippen molar-refractivity contribution in [2.45, 2.75) is 46.1 Å². The van der Waals surface area contributed by atoms with E-state index in [1.54, 1.807) is 12.5 Å². The summed E-state index contributed by atoms with van der Waals surface area (Å²) in [7, 11) is 0. The summed E-state index contributed by atoms with van der Waals surface area (Å²) in [6.45, 7) is 4.72. The summed E-state index contributed by atoms with van der Waals surface area (Å²) in [5, 5.41) is 0. The number of aryl methyl sites for hydroxylation is 3. The lowest BCUT2D eigenvalue weighted by atomic mass is 9.95. The standard InChI is InChI=1S/C17H20N6/c1-11-13-5-3-4-6-14(13)22-15(21-11)9-23-8-7-18-17(23)16-12(2)19-10-20-16/h7-8,10H,3-6,9H2,1-2H3,(H,19,20). The SMILES string of the molecule is Cc1nc(Cn2ccnc2-c2nc[nH]c2C)nc2c1CCCC2. The number of imidazole rings is 2. The lowest BCUT2D eigenvalue weighted by Gasteiger charge is -2.18. The molecule has 0 amide bonds. The summed E-state index contributed by atoms with van der Waals surface area (Å²) >= 11 is 0. The molecule has 3 aromatic rings. The molecular weight excluding hydrogens is 288 g/mol. The van der Waals surface area contributed by atoms with Crippen LogP contribution >= 0.6 is 0 Å². The number of nitrogens with zero attached hydrogens (tertiary/aromatic N) is 5. The van der Waals surface area contributed by atoms with Gasteiger partial charge < -0.3 is 9.55 Å². The van der Waals surface area contributed by atoms with Crippen LogP contribution in [0.5, 0.6) is 0 Å². The van der Waals surface area contributed by atoms with Crippen molar-refractivity contribution in [2.24, 2.45) is 0 Å². The molecule has 0 fully saturated rings. The number of hydrogen-bond acceptors (Lipinski definition) is 4. The molecule has 23 heavy (non-hydrogen) atoms. The van der Waals surface area contributed by atoms with Gasteiger partial charge >= 0.3 is 0 Å². The van der Waals surface area contributed by atoms with Crippen molar-refractivity contribution in [3.8, 4) is 11.5 Å². The highest BCUT2D eigenvalue weighted by atomic mass is 15.1. The molecule has 0 atom stereocenters. The lowest BCUT2D eigenvalue weighted by Crippen LogP contribution is -2.14. The van der Waals surface area contributed by atoms with Crippen LogP contribution in [0.4, 0.5) is 0 Å². The second-order valence-electron chi connectivity index (χ2n) is 6.11. The molecule has 6 nitrogen and oxygen atoms in total. The molecule has 0 saturated heterocycles. The van der Waals surface area contributed by atoms with Gasteiger partial charge in [-0.1, -0.05) is 0 Å². The van der Waals surface area contributed by atoms with E-state index in [1.807, 2.05) is 13.1 Å². The molecular formula is C17H20N6. The third kappa shape index (κ3) is 2.54. The second-order valence-corrected chi connectivity index (χ2v) is 6.11. The van der Waals surface area contributed by atoms with Crippen LogP contribution < -0.4 is 0 Å². The van der Waals surface area contributed by atoms with E-state index in [0.29, 0.717) is 6.54 Å². The molecule has 0 aromatic carbocycles. The van der Waals surface area contributed by atoms with Gasteiger partial charge in [0.1, 0.15) is 11.5 Å². The fraction of sp³-hybridized carbons (Fsp3) is 0.412. The minimum absolute atomic E-state index is 0.621. The number of H-pyrrole nitrogens is 1. The van der Waals surface area contributed by atoms with Gasteiger partial charge in [0.05, 0.1) is 12.9 Å². The molecule has 3 heterocycles. The summed E-state index contributed by atoms with van der Waals surface area (Å²) in [5.74, 6) is 1.71. The third-order valence-electron chi connectivity index (χ3n) is 4.51. The zero-order chi connectivity index (χ0) is 15.8. The Labute approximate surface area is 135 Å². The average Bonchev–Trinajstić information content (AvgIpc) is 3.16. The minimum atomic E-state index is 0.621. The Morgan fingerprint density at radius 3 is 2.83 bits per heavy atom. The molecule has 0 bridgehead atoms. The Hall–Kier alpha value is -2.50. The topological polar surface area (TPSA) is 72.3 Å². The normalized spacial score (nSPS) is 14.0. The number of hydrogen-bond donors (Lipinski definition) is 1. The lowest BCUT2D eigenvalue weighted by molar-refractivity contribution is 0.637. The van der Waals surface area contributed by atoms with Crippen molar-refractivity contribution in [1.29, 1.82) is 0 Å². The molecule has 6 heteroatoms. The van der Waals surface area contributed by atoms with E-state index in [1.165, 1.54) is 24.1 Å². The first kappa shape index (κ1) is 14.1. The van der Waals surface area contributed by atoms with Crippen molar-refractivity contribution in [3.05, 3.63) is 47.2 Å². The van der Waals surface area contributed by atoms with E-state index in [0.717, 1.165) is 41.6 Å². The molecule has 0 unspecified atom stereocenters. The maximum absolute atomic E-state index is 4.81. The van der Waals surface area contributed by atoms with Crippen LogP contribution in [0.25, 0.3) is 11.5 Å². The highest BCUT2D eigenvalue weighted by Crippen LogP contribution is 2.23. The van der Waals surface area contributed by atoms with Gasteiger partial charge in [0.2, 0.25) is 0 Å². The number of aromatic amines is 1. The Bertz CT molecular complexity index is 845. The Balaban J connectivity index is 1.69. The molecule has 0 radical (unpaired) electrons. The average molecular weight is 308 g/mol. The molecule has 0 aliphatic heterocycles. The first-order valence-corrected chi connectivity index (χ1v) is 8.09. The zero-order valence-corrected chi connectivity index (χ0v) is 13.5. The second kappa shape index (κ2) is 5.61. The Morgan fingerprint density at radius 2 is 2.00 bits per heavy atom. The van der Waals surface area contributed by atoms with E-state index in [9.17, 15) is 0 Å². The number of fused-ring (bicyclic) bond motifs is 1. The highest BCUT2D eigenvalue weighted by Gasteiger charge is 2.17. The van der Waals surface area contributed by atoms with Gasteiger partial charge in [-0.25, -0.2) is 19.9 Å². The van der Waals surface area contributed by atoms with E-state index in [2.05, 4.69) is 26.4 Å². The maximum Gasteiger partial charge on any atom is 0.160 e. The monoisotopic (exact) mass is 308 g/mol. The number of aromatic nitrogens is 6. The summed E-state index contributed by atoms with van der Waals surface area (Å²) in [6, 6.07) is 0. The van der Waals surface area contributed by atoms with E-state index in [4.69, 9.17) is 9.97 Å². The molecule has 1 N–H and O–H groups in total. The Morgan fingerprint density at radius 1 is 1.13 bits per heavy atom. The number of rotatable bonds is 3. The number of nitrogens with one attached hydrogen (secondary N) is 1. The van der Waals surface area contributed by atoms with Crippen LogP contribution in [0.3, 0.4) is 0 Å². The van der Waals surface area contributed by atoms with Crippen molar-refractivity contribution in [2.75, 3.05) is 0 Å². The van der Waals surface area contributed by atoms with Gasteiger partial charge in [-0.3, -0.25) is 0 Å². The van der Waals surface area contributed by atoms with Gasteiger partial charge in [0.25, 0.3) is 0 Å². The van der Waals surface area contributed by atoms with Crippen LogP contribution in [0, 0.1) is 13.8 Å². The zero-order valence-electron chi connectivity index (χ0n) is 13.5. The van der Waals surface area contributed by atoms with E-state index >= 15 is 0 Å². The molecule has 0 saturated carbocycles. The smallest absolute Gasteiger partial charge is 0.160 e. The van der Waals surface area contributed by atoms with Crippen molar-refractivity contribution in [1.82, 2.24) is 29.5 Å². The predicted octanol–water partition coefficient (Wildman–Crippen LogP) is 2.61. The van der Waals surface area contributed by atoms with Crippen molar-refractivity contribution < 1.29 is 0 Å². The molecule has 0 spiro atoms. The highest BCUT2D eigenvalue weighted by molar-refractivity contribution is 5.52. The summed E-state index contributed by atoms with van der Waals surface area (Å²) in [6.07, 6.45) is 10.1. The molecule has 4 rings (SSSR count). The van der Waals surface area contributed by atoms with Gasteiger partial charge in [0, 0.05) is 29.5 Å². The fourth-order valence-electron chi connectivity index (χ4n) is 3.31. The van der Waals surface area contributed by atoms with E-state index < -0.39 is 0 Å². The van der Waals surface area contributed by atoms with Crippen LogP contribution in [-0.2, 0) is 19.4 Å². The first-order chi connectivity index (χ1) is 11.2. The molecule has 1 aliphatic rings. The van der Waals surface area contributed by atoms with Gasteiger partial charge in [0.15, 0.2) is 5.82 Å². The first-order valence-electron chi connectivity index (χ1n) is 8.09. The summed E-state index contributed by atoms with van der Waals surface area (Å²) < 4.78 is 2.06. The molecule has 3 aromatic heterocycles. The van der Waals surface area contributed by atoms with E-state index in [-0.39, 0.29) is 0 Å². The van der Waals surface area contributed by atoms with Crippen LogP contribution in [0.15, 0.2) is 18.7 Å². The van der Waals surface area contributed by atoms with Gasteiger partial charge in [-0.2, -0.15) is 0 Å². The largest absolute Gasteiger partial charge is 0.348 e.